The highest BCUT2D eigenvalue weighted by Crippen LogP contribution is 2.23. The minimum Gasteiger partial charge on any atom is -0.370 e. The fourth-order valence-corrected chi connectivity index (χ4v) is 3.53. The van der Waals surface area contributed by atoms with Crippen LogP contribution in [0.25, 0.3) is 0 Å². The number of anilines is 1. The van der Waals surface area contributed by atoms with Crippen LogP contribution >= 0.6 is 0 Å². The summed E-state index contributed by atoms with van der Waals surface area (Å²) in [7, 11) is 0. The van der Waals surface area contributed by atoms with Crippen LogP contribution in [0.3, 0.4) is 0 Å². The molecule has 2 heterocycles. The number of aromatic nitrogens is 2. The zero-order valence-electron chi connectivity index (χ0n) is 16.1. The zero-order chi connectivity index (χ0) is 19.2. The number of carbonyl (C=O) groups excluding carboxylic acids is 1. The molecule has 0 bridgehead atoms. The SMILES string of the molecule is CCCn1ncc(N2CCC(C(=O)NC(C)c3ccccc3)CC2)cc1=O. The summed E-state index contributed by atoms with van der Waals surface area (Å²) < 4.78 is 1.49. The van der Waals surface area contributed by atoms with Gasteiger partial charge in [-0.1, -0.05) is 37.3 Å². The minimum atomic E-state index is -0.0640. The molecule has 144 valence electrons. The predicted octanol–water partition coefficient (Wildman–Crippen LogP) is 2.75. The van der Waals surface area contributed by atoms with Crippen LogP contribution in [-0.2, 0) is 11.3 Å². The van der Waals surface area contributed by atoms with Crippen LogP contribution in [0.15, 0.2) is 47.4 Å². The summed E-state index contributed by atoms with van der Waals surface area (Å²) in [6, 6.07) is 11.7. The highest BCUT2D eigenvalue weighted by molar-refractivity contribution is 5.79. The van der Waals surface area contributed by atoms with Crippen molar-refractivity contribution in [2.24, 2.45) is 5.92 Å². The number of hydrogen-bond donors (Lipinski definition) is 1. The molecule has 1 aromatic heterocycles. The van der Waals surface area contributed by atoms with Crippen molar-refractivity contribution in [1.82, 2.24) is 15.1 Å². The Morgan fingerprint density at radius 1 is 1.26 bits per heavy atom. The van der Waals surface area contributed by atoms with Crippen LogP contribution in [0.5, 0.6) is 0 Å². The van der Waals surface area contributed by atoms with Gasteiger partial charge in [0.25, 0.3) is 5.56 Å². The van der Waals surface area contributed by atoms with E-state index in [1.54, 1.807) is 12.3 Å². The van der Waals surface area contributed by atoms with Gasteiger partial charge in [0, 0.05) is 31.6 Å². The van der Waals surface area contributed by atoms with Gasteiger partial charge in [0.1, 0.15) is 0 Å². The fourth-order valence-electron chi connectivity index (χ4n) is 3.53. The van der Waals surface area contributed by atoms with E-state index < -0.39 is 0 Å². The molecule has 2 aromatic rings. The molecule has 0 saturated carbocycles. The quantitative estimate of drug-likeness (QED) is 0.851. The Morgan fingerprint density at radius 2 is 1.96 bits per heavy atom. The summed E-state index contributed by atoms with van der Waals surface area (Å²) in [4.78, 5) is 26.9. The van der Waals surface area contributed by atoms with Crippen molar-refractivity contribution in [3.05, 3.63) is 58.5 Å². The summed E-state index contributed by atoms with van der Waals surface area (Å²) in [6.45, 7) is 6.20. The van der Waals surface area contributed by atoms with Gasteiger partial charge in [-0.05, 0) is 31.7 Å². The predicted molar refractivity (Wildman–Crippen MR) is 107 cm³/mol. The van der Waals surface area contributed by atoms with E-state index in [0.717, 1.165) is 43.6 Å². The topological polar surface area (TPSA) is 67.2 Å². The van der Waals surface area contributed by atoms with E-state index >= 15 is 0 Å². The van der Waals surface area contributed by atoms with Crippen molar-refractivity contribution in [2.75, 3.05) is 18.0 Å². The Bertz CT molecular complexity index is 810. The number of hydrogen-bond acceptors (Lipinski definition) is 4. The van der Waals surface area contributed by atoms with Gasteiger partial charge in [0.05, 0.1) is 17.9 Å². The lowest BCUT2D eigenvalue weighted by molar-refractivity contribution is -0.126. The molecule has 0 radical (unpaired) electrons. The second-order valence-electron chi connectivity index (χ2n) is 7.18. The molecule has 1 amide bonds. The molecule has 1 unspecified atom stereocenters. The number of nitrogens with zero attached hydrogens (tertiary/aromatic N) is 3. The first-order valence-corrected chi connectivity index (χ1v) is 9.76. The van der Waals surface area contributed by atoms with E-state index in [4.69, 9.17) is 0 Å². The van der Waals surface area contributed by atoms with Gasteiger partial charge in [-0.15, -0.1) is 0 Å². The van der Waals surface area contributed by atoms with Crippen LogP contribution in [0.1, 0.15) is 44.7 Å². The van der Waals surface area contributed by atoms with E-state index in [-0.39, 0.29) is 23.4 Å². The van der Waals surface area contributed by atoms with Gasteiger partial charge in [-0.25, -0.2) is 4.68 Å². The highest BCUT2D eigenvalue weighted by Gasteiger charge is 2.26. The first kappa shape index (κ1) is 19.1. The van der Waals surface area contributed by atoms with Crippen molar-refractivity contribution in [1.29, 1.82) is 0 Å². The number of nitrogens with one attached hydrogen (secondary N) is 1. The molecule has 6 nitrogen and oxygen atoms in total. The minimum absolute atomic E-state index is 0.00656. The number of aryl methyl sites for hydroxylation is 1. The van der Waals surface area contributed by atoms with Crippen molar-refractivity contribution >= 4 is 11.6 Å². The summed E-state index contributed by atoms with van der Waals surface area (Å²) in [6.07, 6.45) is 4.21. The maximum absolute atomic E-state index is 12.6. The molecule has 3 rings (SSSR count). The van der Waals surface area contributed by atoms with Crippen LogP contribution in [0.2, 0.25) is 0 Å². The van der Waals surface area contributed by atoms with Crippen molar-refractivity contribution in [3.8, 4) is 0 Å². The van der Waals surface area contributed by atoms with E-state index in [2.05, 4.69) is 15.3 Å². The van der Waals surface area contributed by atoms with E-state index in [1.807, 2.05) is 44.2 Å². The smallest absolute Gasteiger partial charge is 0.268 e. The number of amides is 1. The zero-order valence-corrected chi connectivity index (χ0v) is 16.1. The van der Waals surface area contributed by atoms with Crippen molar-refractivity contribution in [3.63, 3.8) is 0 Å². The van der Waals surface area contributed by atoms with Crippen LogP contribution < -0.4 is 15.8 Å². The molecule has 1 aliphatic rings. The van der Waals surface area contributed by atoms with Crippen molar-refractivity contribution in [2.45, 2.75) is 45.7 Å². The Morgan fingerprint density at radius 3 is 2.59 bits per heavy atom. The average Bonchev–Trinajstić information content (AvgIpc) is 2.70. The standard InChI is InChI=1S/C21H28N4O2/c1-3-11-25-20(26)14-19(15-22-25)24-12-9-18(10-13-24)21(27)23-16(2)17-7-5-4-6-8-17/h4-8,14-16,18H,3,9-13H2,1-2H3,(H,23,27). The molecular formula is C21H28N4O2. The van der Waals surface area contributed by atoms with E-state index in [1.165, 1.54) is 4.68 Å². The van der Waals surface area contributed by atoms with Gasteiger partial charge in [0.2, 0.25) is 5.91 Å². The van der Waals surface area contributed by atoms with Crippen molar-refractivity contribution < 1.29 is 4.79 Å². The summed E-state index contributed by atoms with van der Waals surface area (Å²) in [5, 5.41) is 7.38. The average molecular weight is 368 g/mol. The lowest BCUT2D eigenvalue weighted by Gasteiger charge is -2.33. The van der Waals surface area contributed by atoms with E-state index in [9.17, 15) is 9.59 Å². The van der Waals surface area contributed by atoms with Gasteiger partial charge in [0.15, 0.2) is 0 Å². The molecular weight excluding hydrogens is 340 g/mol. The largest absolute Gasteiger partial charge is 0.370 e. The molecule has 1 aliphatic heterocycles. The molecule has 1 N–H and O–H groups in total. The Labute approximate surface area is 160 Å². The first-order valence-electron chi connectivity index (χ1n) is 9.76. The van der Waals surface area contributed by atoms with E-state index in [0.29, 0.717) is 6.54 Å². The summed E-state index contributed by atoms with van der Waals surface area (Å²) in [5.74, 6) is 0.128. The molecule has 0 aliphatic carbocycles. The molecule has 1 aromatic carbocycles. The fraction of sp³-hybridized carbons (Fsp3) is 0.476. The number of benzene rings is 1. The number of piperidine rings is 1. The summed E-state index contributed by atoms with van der Waals surface area (Å²) >= 11 is 0. The lowest BCUT2D eigenvalue weighted by atomic mass is 9.95. The number of rotatable bonds is 6. The monoisotopic (exact) mass is 368 g/mol. The molecule has 27 heavy (non-hydrogen) atoms. The Hall–Kier alpha value is -2.63. The lowest BCUT2D eigenvalue weighted by Crippen LogP contribution is -2.41. The molecule has 1 fully saturated rings. The van der Waals surface area contributed by atoms with Gasteiger partial charge >= 0.3 is 0 Å². The third-order valence-corrected chi connectivity index (χ3v) is 5.18. The summed E-state index contributed by atoms with van der Waals surface area (Å²) in [5.41, 5.74) is 1.90. The Kier molecular flexibility index (Phi) is 6.27. The van der Waals surface area contributed by atoms with Gasteiger partial charge < -0.3 is 10.2 Å². The van der Waals surface area contributed by atoms with Crippen LogP contribution in [0, 0.1) is 5.92 Å². The van der Waals surface area contributed by atoms with Crippen LogP contribution in [-0.4, -0.2) is 28.8 Å². The van der Waals surface area contributed by atoms with Crippen LogP contribution in [0.4, 0.5) is 5.69 Å². The van der Waals surface area contributed by atoms with Gasteiger partial charge in [-0.2, -0.15) is 5.10 Å². The highest BCUT2D eigenvalue weighted by atomic mass is 16.2. The second-order valence-corrected chi connectivity index (χ2v) is 7.18. The molecule has 6 heteroatoms. The normalized spacial score (nSPS) is 16.1. The maximum atomic E-state index is 12.6. The third kappa shape index (κ3) is 4.76. The molecule has 0 spiro atoms. The second kappa shape index (κ2) is 8.84. The number of carbonyl (C=O) groups is 1. The maximum Gasteiger partial charge on any atom is 0.268 e. The first-order chi connectivity index (χ1) is 13.1. The third-order valence-electron chi connectivity index (χ3n) is 5.18. The van der Waals surface area contributed by atoms with Gasteiger partial charge in [-0.3, -0.25) is 9.59 Å². The molecule has 1 atom stereocenters. The Balaban J connectivity index is 1.54. The molecule has 1 saturated heterocycles.